The molecule has 0 aliphatic carbocycles. The van der Waals surface area contributed by atoms with E-state index in [9.17, 15) is 9.90 Å². The molecule has 0 aliphatic heterocycles. The fourth-order valence-corrected chi connectivity index (χ4v) is 5.00. The first-order valence-corrected chi connectivity index (χ1v) is 14.2. The van der Waals surface area contributed by atoms with Gasteiger partial charge in [-0.1, -0.05) is 150 Å². The van der Waals surface area contributed by atoms with E-state index in [2.05, 4.69) is 20.8 Å². The summed E-state index contributed by atoms with van der Waals surface area (Å²) in [5, 5.41) is 10.9. The van der Waals surface area contributed by atoms with Crippen molar-refractivity contribution in [2.24, 2.45) is 17.8 Å². The van der Waals surface area contributed by atoms with E-state index in [1.54, 1.807) is 6.92 Å². The lowest BCUT2D eigenvalue weighted by Gasteiger charge is -2.21. The van der Waals surface area contributed by atoms with E-state index in [1.165, 1.54) is 122 Å². The Kier molecular flexibility index (Phi) is 22.3. The van der Waals surface area contributed by atoms with Crippen LogP contribution in [0.1, 0.15) is 163 Å². The van der Waals surface area contributed by atoms with Crippen molar-refractivity contribution in [2.75, 3.05) is 0 Å². The molecule has 0 radical (unpaired) electrons. The molecule has 0 N–H and O–H groups in total. The SMILES string of the molecule is CCCCCCCCCCCCCCCCCCCC[C@@H](C)C[C@@H](C)C[C@@H](C)C(=O)[O-]. The molecule has 0 aliphatic rings. The normalized spacial score (nSPS) is 14.5. The number of unbranched alkanes of at least 4 members (excludes halogenated alkanes) is 17. The van der Waals surface area contributed by atoms with Crippen molar-refractivity contribution >= 4 is 5.97 Å². The van der Waals surface area contributed by atoms with Gasteiger partial charge in [-0.2, -0.15) is 0 Å². The summed E-state index contributed by atoms with van der Waals surface area (Å²) in [6, 6.07) is 0. The van der Waals surface area contributed by atoms with Crippen LogP contribution in [0.3, 0.4) is 0 Å². The van der Waals surface area contributed by atoms with Gasteiger partial charge < -0.3 is 9.90 Å². The second kappa shape index (κ2) is 22.7. The molecule has 0 unspecified atom stereocenters. The highest BCUT2D eigenvalue weighted by Crippen LogP contribution is 2.23. The van der Waals surface area contributed by atoms with Crippen LogP contribution < -0.4 is 5.11 Å². The van der Waals surface area contributed by atoms with Gasteiger partial charge in [-0.05, 0) is 30.6 Å². The van der Waals surface area contributed by atoms with Gasteiger partial charge in [-0.3, -0.25) is 0 Å². The second-order valence-corrected chi connectivity index (χ2v) is 10.7. The summed E-state index contributed by atoms with van der Waals surface area (Å²) in [6.07, 6.45) is 28.9. The van der Waals surface area contributed by atoms with Gasteiger partial charge in [-0.25, -0.2) is 0 Å². The Hall–Kier alpha value is -0.530. The minimum absolute atomic E-state index is 0.313. The molecule has 2 heteroatoms. The summed E-state index contributed by atoms with van der Waals surface area (Å²) in [4.78, 5) is 10.9. The maximum absolute atomic E-state index is 10.9. The number of carbonyl (C=O) groups is 1. The molecule has 31 heavy (non-hydrogen) atoms. The number of hydrogen-bond donors (Lipinski definition) is 0. The molecule has 0 heterocycles. The third-order valence-electron chi connectivity index (χ3n) is 7.01. The van der Waals surface area contributed by atoms with Crippen molar-refractivity contribution < 1.29 is 9.90 Å². The zero-order chi connectivity index (χ0) is 23.2. The molecule has 0 aromatic heterocycles. The third kappa shape index (κ3) is 22.5. The standard InChI is InChI=1S/C29H58O2/c1-5-6-7-8-9-10-11-12-13-14-15-16-17-18-19-20-21-22-23-26(2)24-27(3)25-28(4)29(30)31/h26-28H,5-25H2,1-4H3,(H,30,31)/p-1/t26-,27-,28-/m1/s1. The predicted molar refractivity (Wildman–Crippen MR) is 135 cm³/mol. The summed E-state index contributed by atoms with van der Waals surface area (Å²) in [5.41, 5.74) is 0. The van der Waals surface area contributed by atoms with E-state index in [4.69, 9.17) is 0 Å². The van der Waals surface area contributed by atoms with Crippen LogP contribution in [0.25, 0.3) is 0 Å². The second-order valence-electron chi connectivity index (χ2n) is 10.7. The van der Waals surface area contributed by atoms with Gasteiger partial charge in [0.2, 0.25) is 0 Å². The van der Waals surface area contributed by atoms with Crippen LogP contribution in [0.2, 0.25) is 0 Å². The average Bonchev–Trinajstić information content (AvgIpc) is 2.72. The number of aliphatic carboxylic acids is 1. The molecule has 0 bridgehead atoms. The molecular formula is C29H57O2-. The summed E-state index contributed by atoms with van der Waals surface area (Å²) in [7, 11) is 0. The van der Waals surface area contributed by atoms with E-state index in [0.29, 0.717) is 11.8 Å². The minimum Gasteiger partial charge on any atom is -0.550 e. The maximum Gasteiger partial charge on any atom is 0.0442 e. The topological polar surface area (TPSA) is 40.1 Å². The lowest BCUT2D eigenvalue weighted by atomic mass is 9.87. The molecule has 0 fully saturated rings. The fourth-order valence-electron chi connectivity index (χ4n) is 5.00. The van der Waals surface area contributed by atoms with Crippen molar-refractivity contribution in [2.45, 2.75) is 163 Å². The monoisotopic (exact) mass is 437 g/mol. The van der Waals surface area contributed by atoms with Crippen molar-refractivity contribution in [1.29, 1.82) is 0 Å². The summed E-state index contributed by atoms with van der Waals surface area (Å²) in [6.45, 7) is 8.58. The first-order chi connectivity index (χ1) is 15.0. The average molecular weight is 438 g/mol. The highest BCUT2D eigenvalue weighted by atomic mass is 16.4. The van der Waals surface area contributed by atoms with Gasteiger partial charge in [0.05, 0.1) is 0 Å². The molecule has 0 rings (SSSR count). The van der Waals surface area contributed by atoms with E-state index in [1.807, 2.05) is 0 Å². The molecule has 3 atom stereocenters. The highest BCUT2D eigenvalue weighted by Gasteiger charge is 2.13. The van der Waals surface area contributed by atoms with Gasteiger partial charge >= 0.3 is 0 Å². The molecule has 0 aromatic rings. The van der Waals surface area contributed by atoms with Crippen molar-refractivity contribution in [3.8, 4) is 0 Å². The lowest BCUT2D eigenvalue weighted by molar-refractivity contribution is -0.311. The van der Waals surface area contributed by atoms with E-state index in [-0.39, 0.29) is 5.92 Å². The number of carboxylic acid groups (broad SMARTS) is 1. The van der Waals surface area contributed by atoms with E-state index < -0.39 is 5.97 Å². The molecule has 0 aromatic carbocycles. The molecular weight excluding hydrogens is 380 g/mol. The molecule has 2 nitrogen and oxygen atoms in total. The molecule has 0 saturated heterocycles. The van der Waals surface area contributed by atoms with Gasteiger partial charge in [0.15, 0.2) is 0 Å². The van der Waals surface area contributed by atoms with Crippen LogP contribution in [0.15, 0.2) is 0 Å². The van der Waals surface area contributed by atoms with Crippen LogP contribution in [-0.4, -0.2) is 5.97 Å². The van der Waals surface area contributed by atoms with Crippen molar-refractivity contribution in [3.05, 3.63) is 0 Å². The molecule has 0 amide bonds. The van der Waals surface area contributed by atoms with Crippen molar-refractivity contribution in [1.82, 2.24) is 0 Å². The van der Waals surface area contributed by atoms with E-state index >= 15 is 0 Å². The van der Waals surface area contributed by atoms with Crippen LogP contribution >= 0.6 is 0 Å². The summed E-state index contributed by atoms with van der Waals surface area (Å²) >= 11 is 0. The number of rotatable bonds is 24. The molecule has 0 saturated carbocycles. The predicted octanol–water partition coefficient (Wildman–Crippen LogP) is 8.86. The van der Waals surface area contributed by atoms with Crippen LogP contribution in [0.4, 0.5) is 0 Å². The van der Waals surface area contributed by atoms with Gasteiger partial charge in [0, 0.05) is 5.97 Å². The number of hydrogen-bond acceptors (Lipinski definition) is 2. The van der Waals surface area contributed by atoms with Crippen molar-refractivity contribution in [3.63, 3.8) is 0 Å². The number of carboxylic acids is 1. The Bertz CT molecular complexity index is 379. The summed E-state index contributed by atoms with van der Waals surface area (Å²) in [5.74, 6) is -0.0150. The van der Waals surface area contributed by atoms with Gasteiger partial charge in [-0.15, -0.1) is 0 Å². The summed E-state index contributed by atoms with van der Waals surface area (Å²) < 4.78 is 0. The quantitative estimate of drug-likeness (QED) is 0.141. The van der Waals surface area contributed by atoms with Crippen LogP contribution in [-0.2, 0) is 4.79 Å². The lowest BCUT2D eigenvalue weighted by Crippen LogP contribution is -2.30. The van der Waals surface area contributed by atoms with Gasteiger partial charge in [0.1, 0.15) is 0 Å². The Morgan fingerprint density at radius 1 is 0.548 bits per heavy atom. The zero-order valence-corrected chi connectivity index (χ0v) is 21.9. The third-order valence-corrected chi connectivity index (χ3v) is 7.01. The maximum atomic E-state index is 10.9. The molecule has 0 spiro atoms. The van der Waals surface area contributed by atoms with Crippen LogP contribution in [0, 0.1) is 17.8 Å². The number of carbonyl (C=O) groups excluding carboxylic acids is 1. The Morgan fingerprint density at radius 3 is 1.26 bits per heavy atom. The highest BCUT2D eigenvalue weighted by molar-refractivity contribution is 5.66. The van der Waals surface area contributed by atoms with Crippen LogP contribution in [0.5, 0.6) is 0 Å². The van der Waals surface area contributed by atoms with E-state index in [0.717, 1.165) is 12.8 Å². The fraction of sp³-hybridized carbons (Fsp3) is 0.966. The zero-order valence-electron chi connectivity index (χ0n) is 21.9. The van der Waals surface area contributed by atoms with Gasteiger partial charge in [0.25, 0.3) is 0 Å². The Morgan fingerprint density at radius 2 is 0.903 bits per heavy atom. The largest absolute Gasteiger partial charge is 0.550 e. The minimum atomic E-state index is -0.900. The smallest absolute Gasteiger partial charge is 0.0442 e. The Labute approximate surface area is 196 Å². The molecule has 186 valence electrons. The first kappa shape index (κ1) is 30.5. The Balaban J connectivity index is 3.26. The first-order valence-electron chi connectivity index (χ1n) is 14.2.